The first kappa shape index (κ1) is 30.1. The highest BCUT2D eigenvalue weighted by molar-refractivity contribution is 6.35. The Bertz CT molecular complexity index is 1200. The molecule has 1 aromatic heterocycles. The van der Waals surface area contributed by atoms with Crippen molar-refractivity contribution in [2.45, 2.75) is 34.6 Å². The summed E-state index contributed by atoms with van der Waals surface area (Å²) in [6.45, 7) is 14.2. The molecule has 10 heteroatoms. The van der Waals surface area contributed by atoms with Crippen molar-refractivity contribution in [3.8, 4) is 5.75 Å². The molecule has 0 bridgehead atoms. The highest BCUT2D eigenvalue weighted by Crippen LogP contribution is 2.36. The van der Waals surface area contributed by atoms with Gasteiger partial charge in [0.2, 0.25) is 0 Å². The largest absolute Gasteiger partial charge is 0.491 e. The topological polar surface area (TPSA) is 122 Å². The van der Waals surface area contributed by atoms with Crippen LogP contribution in [-0.2, 0) is 19.1 Å². The van der Waals surface area contributed by atoms with E-state index in [1.165, 1.54) is 6.92 Å². The van der Waals surface area contributed by atoms with Gasteiger partial charge in [-0.2, -0.15) is 0 Å². The standard InChI is InChI=1S/C29H40N4O6/c1-6-33(7-2)11-10-30-29(36)27-20(4)26(31-21(27)5)17-24-23-16-22(8-9-25(23)32-28(24)35)39-15-14-37-12-13-38-18-19(3)34/h8-9,16-17,31H,6-7,10-15,18H2,1-5H3,(H,30,36)(H,32,35)/b24-17-. The first-order valence-corrected chi connectivity index (χ1v) is 13.4. The average Bonchev–Trinajstić information content (AvgIpc) is 3.37. The molecule has 0 saturated carbocycles. The number of nitrogens with one attached hydrogen (secondary N) is 3. The second-order valence-electron chi connectivity index (χ2n) is 9.38. The lowest BCUT2D eigenvalue weighted by Crippen LogP contribution is -2.35. The number of fused-ring (bicyclic) bond motifs is 1. The lowest BCUT2D eigenvalue weighted by molar-refractivity contribution is -0.122. The van der Waals surface area contributed by atoms with Crippen LogP contribution in [0.4, 0.5) is 5.69 Å². The Morgan fingerprint density at radius 2 is 1.77 bits per heavy atom. The zero-order valence-electron chi connectivity index (χ0n) is 23.6. The lowest BCUT2D eigenvalue weighted by Gasteiger charge is -2.18. The summed E-state index contributed by atoms with van der Waals surface area (Å²) in [6, 6.07) is 5.42. The molecule has 2 heterocycles. The van der Waals surface area contributed by atoms with Crippen LogP contribution in [0, 0.1) is 13.8 Å². The van der Waals surface area contributed by atoms with Crippen molar-refractivity contribution in [1.82, 2.24) is 15.2 Å². The fourth-order valence-electron chi connectivity index (χ4n) is 4.41. The van der Waals surface area contributed by atoms with Crippen LogP contribution in [0.1, 0.15) is 53.6 Å². The highest BCUT2D eigenvalue weighted by atomic mass is 16.5. The number of rotatable bonds is 16. The monoisotopic (exact) mass is 540 g/mol. The third-order valence-corrected chi connectivity index (χ3v) is 6.55. The summed E-state index contributed by atoms with van der Waals surface area (Å²) < 4.78 is 16.4. The van der Waals surface area contributed by atoms with Gasteiger partial charge in [0, 0.05) is 35.7 Å². The molecule has 3 rings (SSSR count). The summed E-state index contributed by atoms with van der Waals surface area (Å²) in [4.78, 5) is 42.1. The van der Waals surface area contributed by atoms with Gasteiger partial charge in [0.25, 0.3) is 11.8 Å². The van der Waals surface area contributed by atoms with Gasteiger partial charge in [-0.05, 0) is 63.7 Å². The van der Waals surface area contributed by atoms with Gasteiger partial charge in [-0.15, -0.1) is 0 Å². The number of anilines is 1. The molecule has 1 aromatic carbocycles. The number of likely N-dealkylation sites (N-methyl/N-ethyl adjacent to an activating group) is 1. The maximum absolute atomic E-state index is 12.9. The van der Waals surface area contributed by atoms with Crippen molar-refractivity contribution < 1.29 is 28.6 Å². The number of nitrogens with zero attached hydrogens (tertiary/aromatic N) is 1. The van der Waals surface area contributed by atoms with Gasteiger partial charge in [-0.25, -0.2) is 0 Å². The summed E-state index contributed by atoms with van der Waals surface area (Å²) in [5.41, 5.74) is 4.78. The molecular formula is C29H40N4O6. The maximum atomic E-state index is 12.9. The number of ether oxygens (including phenoxy) is 3. The minimum atomic E-state index is -0.215. The number of carbonyl (C=O) groups is 3. The normalized spacial score (nSPS) is 13.6. The second kappa shape index (κ2) is 14.6. The third-order valence-electron chi connectivity index (χ3n) is 6.55. The quantitative estimate of drug-likeness (QED) is 0.221. The third kappa shape index (κ3) is 8.26. The van der Waals surface area contributed by atoms with Crippen molar-refractivity contribution in [2.75, 3.05) is 64.5 Å². The average molecular weight is 541 g/mol. The van der Waals surface area contributed by atoms with Crippen molar-refractivity contribution in [3.63, 3.8) is 0 Å². The summed E-state index contributed by atoms with van der Waals surface area (Å²) >= 11 is 0. The Labute approximate surface area is 230 Å². The molecule has 39 heavy (non-hydrogen) atoms. The molecule has 2 amide bonds. The van der Waals surface area contributed by atoms with E-state index >= 15 is 0 Å². The van der Waals surface area contributed by atoms with E-state index in [0.29, 0.717) is 61.2 Å². The minimum absolute atomic E-state index is 0.0229. The Morgan fingerprint density at radius 1 is 1.05 bits per heavy atom. The molecule has 10 nitrogen and oxygen atoms in total. The number of amides is 2. The molecule has 0 saturated heterocycles. The predicted octanol–water partition coefficient (Wildman–Crippen LogP) is 3.20. The van der Waals surface area contributed by atoms with Gasteiger partial charge in [0.05, 0.1) is 31.0 Å². The zero-order chi connectivity index (χ0) is 28.4. The molecule has 2 aromatic rings. The highest BCUT2D eigenvalue weighted by Gasteiger charge is 2.26. The molecule has 1 aliphatic rings. The van der Waals surface area contributed by atoms with E-state index < -0.39 is 0 Å². The van der Waals surface area contributed by atoms with Crippen LogP contribution in [0.3, 0.4) is 0 Å². The van der Waals surface area contributed by atoms with Crippen LogP contribution in [0.5, 0.6) is 5.75 Å². The number of H-pyrrole nitrogens is 1. The fraction of sp³-hybridized carbons (Fsp3) is 0.483. The van der Waals surface area contributed by atoms with E-state index in [0.717, 1.165) is 36.5 Å². The number of aromatic amines is 1. The van der Waals surface area contributed by atoms with Gasteiger partial charge in [0.15, 0.2) is 5.78 Å². The van der Waals surface area contributed by atoms with Crippen LogP contribution < -0.4 is 15.4 Å². The first-order valence-electron chi connectivity index (χ1n) is 13.4. The number of hydrogen-bond acceptors (Lipinski definition) is 7. The molecular weight excluding hydrogens is 500 g/mol. The molecule has 0 unspecified atom stereocenters. The van der Waals surface area contributed by atoms with E-state index in [1.807, 2.05) is 19.9 Å². The summed E-state index contributed by atoms with van der Waals surface area (Å²) in [7, 11) is 0. The molecule has 0 atom stereocenters. The number of carbonyl (C=O) groups excluding carboxylic acids is 3. The summed E-state index contributed by atoms with van der Waals surface area (Å²) in [5.74, 6) is 0.246. The molecule has 212 valence electrons. The zero-order valence-corrected chi connectivity index (χ0v) is 23.6. The van der Waals surface area contributed by atoms with Crippen LogP contribution in [-0.4, -0.2) is 86.7 Å². The van der Waals surface area contributed by atoms with E-state index in [1.54, 1.807) is 18.2 Å². The Hall–Kier alpha value is -3.47. The number of benzene rings is 1. The Balaban J connectivity index is 1.64. The van der Waals surface area contributed by atoms with E-state index in [4.69, 9.17) is 14.2 Å². The predicted molar refractivity (Wildman–Crippen MR) is 151 cm³/mol. The van der Waals surface area contributed by atoms with Crippen molar-refractivity contribution in [3.05, 3.63) is 46.3 Å². The smallest absolute Gasteiger partial charge is 0.256 e. The van der Waals surface area contributed by atoms with Gasteiger partial charge in [-0.1, -0.05) is 13.8 Å². The SMILES string of the molecule is CCN(CC)CCNC(=O)c1c(C)[nH]c(/C=C2\C(=O)Nc3ccc(OCCOCCOCC(C)=O)cc32)c1C. The Morgan fingerprint density at radius 3 is 2.49 bits per heavy atom. The number of aromatic nitrogens is 1. The van der Waals surface area contributed by atoms with Gasteiger partial charge < -0.3 is 34.7 Å². The molecule has 0 spiro atoms. The Kier molecular flexibility index (Phi) is 11.3. The van der Waals surface area contributed by atoms with Crippen molar-refractivity contribution >= 4 is 34.9 Å². The van der Waals surface area contributed by atoms with Gasteiger partial charge >= 0.3 is 0 Å². The number of ketones is 1. The minimum Gasteiger partial charge on any atom is -0.491 e. The molecule has 1 aliphatic heterocycles. The van der Waals surface area contributed by atoms with Crippen LogP contribution in [0.15, 0.2) is 18.2 Å². The van der Waals surface area contributed by atoms with Gasteiger partial charge in [-0.3, -0.25) is 14.4 Å². The molecule has 0 radical (unpaired) electrons. The van der Waals surface area contributed by atoms with E-state index in [9.17, 15) is 14.4 Å². The van der Waals surface area contributed by atoms with E-state index in [2.05, 4.69) is 34.4 Å². The first-order chi connectivity index (χ1) is 18.7. The maximum Gasteiger partial charge on any atom is 0.256 e. The summed E-state index contributed by atoms with van der Waals surface area (Å²) in [5, 5.41) is 5.90. The van der Waals surface area contributed by atoms with Crippen molar-refractivity contribution in [2.24, 2.45) is 0 Å². The summed E-state index contributed by atoms with van der Waals surface area (Å²) in [6.07, 6.45) is 1.78. The lowest BCUT2D eigenvalue weighted by atomic mass is 10.0. The van der Waals surface area contributed by atoms with Crippen LogP contribution in [0.25, 0.3) is 11.6 Å². The van der Waals surface area contributed by atoms with E-state index in [-0.39, 0.29) is 24.2 Å². The molecule has 0 fully saturated rings. The molecule has 0 aliphatic carbocycles. The number of aryl methyl sites for hydroxylation is 1. The number of Topliss-reactive ketones (excluding diaryl/α,β-unsaturated/α-hetero) is 1. The van der Waals surface area contributed by atoms with Crippen molar-refractivity contribution in [1.29, 1.82) is 0 Å². The number of hydrogen-bond donors (Lipinski definition) is 3. The van der Waals surface area contributed by atoms with Crippen LogP contribution >= 0.6 is 0 Å². The molecule has 3 N–H and O–H groups in total. The van der Waals surface area contributed by atoms with Crippen LogP contribution in [0.2, 0.25) is 0 Å². The fourth-order valence-corrected chi connectivity index (χ4v) is 4.41. The second-order valence-corrected chi connectivity index (χ2v) is 9.38. The van der Waals surface area contributed by atoms with Gasteiger partial charge in [0.1, 0.15) is 19.0 Å².